The second-order valence-corrected chi connectivity index (χ2v) is 3.34. The van der Waals surface area contributed by atoms with Gasteiger partial charge in [-0.3, -0.25) is 4.79 Å². The van der Waals surface area contributed by atoms with Gasteiger partial charge in [-0.2, -0.15) is 9.37 Å². The van der Waals surface area contributed by atoms with Crippen LogP contribution in [0, 0.1) is 17.6 Å². The number of hydrogen-bond donors (Lipinski definition) is 1. The summed E-state index contributed by atoms with van der Waals surface area (Å²) in [6, 6.07) is 0.421. The molecular weight excluding hydrogens is 223 g/mol. The third-order valence-electron chi connectivity index (χ3n) is 2.21. The molecular formula is C9H8F3N3O. The van der Waals surface area contributed by atoms with Gasteiger partial charge in [-0.15, -0.1) is 0 Å². The summed E-state index contributed by atoms with van der Waals surface area (Å²) in [5.74, 6) is -4.34. The molecule has 1 aromatic heterocycles. The van der Waals surface area contributed by atoms with E-state index in [1.165, 1.54) is 4.90 Å². The van der Waals surface area contributed by atoms with E-state index < -0.39 is 17.6 Å². The Balaban J connectivity index is 2.32. The van der Waals surface area contributed by atoms with Crippen LogP contribution in [0.25, 0.3) is 0 Å². The maximum atomic E-state index is 13.3. The second kappa shape index (κ2) is 3.99. The van der Waals surface area contributed by atoms with Crippen molar-refractivity contribution in [1.29, 1.82) is 0 Å². The van der Waals surface area contributed by atoms with Crippen molar-refractivity contribution in [3.05, 3.63) is 23.6 Å². The van der Waals surface area contributed by atoms with E-state index in [2.05, 4.69) is 10.3 Å². The van der Waals surface area contributed by atoms with Gasteiger partial charge in [0.1, 0.15) is 0 Å². The van der Waals surface area contributed by atoms with Crippen LogP contribution in [0.3, 0.4) is 0 Å². The van der Waals surface area contributed by atoms with Crippen LogP contribution in [0.15, 0.2) is 6.07 Å². The van der Waals surface area contributed by atoms with E-state index in [0.29, 0.717) is 19.2 Å². The Hall–Kier alpha value is -1.79. The van der Waals surface area contributed by atoms with Crippen LogP contribution in [0.5, 0.6) is 0 Å². The Kier molecular flexibility index (Phi) is 2.67. The standard InChI is InChI=1S/C9H8F3N3O/c10-5-3-6(11)9(14-8(5)12)15-2-1-13-7(16)4-15/h3H,1-2,4H2,(H,13,16). The summed E-state index contributed by atoms with van der Waals surface area (Å²) in [5, 5.41) is 2.53. The zero-order valence-electron chi connectivity index (χ0n) is 8.14. The highest BCUT2D eigenvalue weighted by atomic mass is 19.2. The molecule has 0 radical (unpaired) electrons. The normalized spacial score (nSPS) is 16.2. The lowest BCUT2D eigenvalue weighted by molar-refractivity contribution is -0.120. The van der Waals surface area contributed by atoms with Crippen molar-refractivity contribution in [3.63, 3.8) is 0 Å². The van der Waals surface area contributed by atoms with E-state index in [-0.39, 0.29) is 18.3 Å². The van der Waals surface area contributed by atoms with Crippen molar-refractivity contribution in [2.45, 2.75) is 0 Å². The SMILES string of the molecule is O=C1CN(c2nc(F)c(F)cc2F)CCN1. The summed E-state index contributed by atoms with van der Waals surface area (Å²) in [4.78, 5) is 15.5. The molecule has 0 aliphatic carbocycles. The molecule has 1 aliphatic rings. The number of nitrogens with one attached hydrogen (secondary N) is 1. The molecule has 4 nitrogen and oxygen atoms in total. The van der Waals surface area contributed by atoms with Gasteiger partial charge < -0.3 is 10.2 Å². The van der Waals surface area contributed by atoms with Gasteiger partial charge in [0.05, 0.1) is 6.54 Å². The van der Waals surface area contributed by atoms with Gasteiger partial charge in [-0.1, -0.05) is 0 Å². The molecule has 0 spiro atoms. The first-order valence-corrected chi connectivity index (χ1v) is 4.61. The van der Waals surface area contributed by atoms with Gasteiger partial charge in [0, 0.05) is 19.2 Å². The van der Waals surface area contributed by atoms with Crippen LogP contribution in [0.2, 0.25) is 0 Å². The van der Waals surface area contributed by atoms with E-state index >= 15 is 0 Å². The highest BCUT2D eigenvalue weighted by Gasteiger charge is 2.22. The largest absolute Gasteiger partial charge is 0.353 e. The van der Waals surface area contributed by atoms with E-state index in [1.807, 2.05) is 0 Å². The second-order valence-electron chi connectivity index (χ2n) is 3.34. The zero-order chi connectivity index (χ0) is 11.7. The van der Waals surface area contributed by atoms with Crippen LogP contribution < -0.4 is 10.2 Å². The summed E-state index contributed by atoms with van der Waals surface area (Å²) in [7, 11) is 0. The molecule has 7 heteroatoms. The van der Waals surface area contributed by atoms with Crippen molar-refractivity contribution in [1.82, 2.24) is 10.3 Å². The highest BCUT2D eigenvalue weighted by Crippen LogP contribution is 2.19. The molecule has 1 aromatic rings. The predicted molar refractivity (Wildman–Crippen MR) is 49.3 cm³/mol. The van der Waals surface area contributed by atoms with E-state index in [1.54, 1.807) is 0 Å². The number of aromatic nitrogens is 1. The minimum Gasteiger partial charge on any atom is -0.353 e. The molecule has 1 N–H and O–H groups in total. The number of pyridine rings is 1. The van der Waals surface area contributed by atoms with E-state index in [4.69, 9.17) is 0 Å². The Morgan fingerprint density at radius 2 is 2.06 bits per heavy atom. The Labute approximate surface area is 89.1 Å². The molecule has 0 unspecified atom stereocenters. The van der Waals surface area contributed by atoms with Gasteiger partial charge in [0.15, 0.2) is 17.5 Å². The fourth-order valence-corrected chi connectivity index (χ4v) is 1.48. The smallest absolute Gasteiger partial charge is 0.251 e. The van der Waals surface area contributed by atoms with Crippen LogP contribution >= 0.6 is 0 Å². The summed E-state index contributed by atoms with van der Waals surface area (Å²) in [5.41, 5.74) is 0. The average molecular weight is 231 g/mol. The fraction of sp³-hybridized carbons (Fsp3) is 0.333. The molecule has 0 saturated carbocycles. The van der Waals surface area contributed by atoms with Gasteiger partial charge in [-0.05, 0) is 0 Å². The summed E-state index contributed by atoms with van der Waals surface area (Å²) in [6.07, 6.45) is 0. The van der Waals surface area contributed by atoms with Crippen LogP contribution in [0.4, 0.5) is 19.0 Å². The van der Waals surface area contributed by atoms with Crippen LogP contribution in [-0.2, 0) is 4.79 Å². The van der Waals surface area contributed by atoms with E-state index in [9.17, 15) is 18.0 Å². The maximum Gasteiger partial charge on any atom is 0.251 e. The summed E-state index contributed by atoms with van der Waals surface area (Å²) in [6.45, 7) is 0.509. The first-order chi connectivity index (χ1) is 7.58. The van der Waals surface area contributed by atoms with Crippen molar-refractivity contribution in [2.24, 2.45) is 0 Å². The number of carbonyl (C=O) groups excluding carboxylic acids is 1. The maximum absolute atomic E-state index is 13.3. The fourth-order valence-electron chi connectivity index (χ4n) is 1.48. The average Bonchev–Trinajstić information content (AvgIpc) is 2.23. The minimum atomic E-state index is -1.37. The molecule has 0 aromatic carbocycles. The number of hydrogen-bond acceptors (Lipinski definition) is 3. The minimum absolute atomic E-state index is 0.116. The van der Waals surface area contributed by atoms with Crippen molar-refractivity contribution >= 4 is 11.7 Å². The van der Waals surface area contributed by atoms with Crippen LogP contribution in [-0.4, -0.2) is 30.5 Å². The van der Waals surface area contributed by atoms with Gasteiger partial charge >= 0.3 is 0 Å². The number of nitrogens with zero attached hydrogens (tertiary/aromatic N) is 2. The number of piperazine rings is 1. The number of amides is 1. The van der Waals surface area contributed by atoms with E-state index in [0.717, 1.165) is 0 Å². The highest BCUT2D eigenvalue weighted by molar-refractivity contribution is 5.82. The molecule has 1 fully saturated rings. The molecule has 16 heavy (non-hydrogen) atoms. The third-order valence-corrected chi connectivity index (χ3v) is 2.21. The molecule has 2 heterocycles. The third kappa shape index (κ3) is 1.93. The first-order valence-electron chi connectivity index (χ1n) is 4.61. The van der Waals surface area contributed by atoms with Gasteiger partial charge in [-0.25, -0.2) is 8.78 Å². The zero-order valence-corrected chi connectivity index (χ0v) is 8.14. The molecule has 1 amide bonds. The van der Waals surface area contributed by atoms with Crippen molar-refractivity contribution in [2.75, 3.05) is 24.5 Å². The van der Waals surface area contributed by atoms with Crippen molar-refractivity contribution < 1.29 is 18.0 Å². The molecule has 0 bridgehead atoms. The molecule has 86 valence electrons. The summed E-state index contributed by atoms with van der Waals surface area (Å²) >= 11 is 0. The predicted octanol–water partition coefficient (Wildman–Crippen LogP) is 0.435. The van der Waals surface area contributed by atoms with Gasteiger partial charge in [0.25, 0.3) is 5.95 Å². The van der Waals surface area contributed by atoms with Crippen molar-refractivity contribution in [3.8, 4) is 0 Å². The first kappa shape index (κ1) is 10.7. The number of carbonyl (C=O) groups is 1. The summed E-state index contributed by atoms with van der Waals surface area (Å²) < 4.78 is 38.8. The number of anilines is 1. The monoisotopic (exact) mass is 231 g/mol. The Bertz CT molecular complexity index is 438. The Morgan fingerprint density at radius 1 is 1.31 bits per heavy atom. The lowest BCUT2D eigenvalue weighted by atomic mass is 10.3. The quantitative estimate of drug-likeness (QED) is 0.713. The molecule has 2 rings (SSSR count). The number of halogens is 3. The number of rotatable bonds is 1. The molecule has 1 aliphatic heterocycles. The topological polar surface area (TPSA) is 45.2 Å². The Morgan fingerprint density at radius 3 is 2.75 bits per heavy atom. The lowest BCUT2D eigenvalue weighted by Crippen LogP contribution is -2.48. The molecule has 1 saturated heterocycles. The molecule has 0 atom stereocenters. The van der Waals surface area contributed by atoms with Gasteiger partial charge in [0.2, 0.25) is 5.91 Å². The lowest BCUT2D eigenvalue weighted by Gasteiger charge is -2.27. The van der Waals surface area contributed by atoms with Crippen LogP contribution in [0.1, 0.15) is 0 Å².